The molecule has 0 bridgehead atoms. The summed E-state index contributed by atoms with van der Waals surface area (Å²) >= 11 is 0. The number of sulfonamides is 1. The van der Waals surface area contributed by atoms with Crippen molar-refractivity contribution in [3.8, 4) is 0 Å². The van der Waals surface area contributed by atoms with Crippen LogP contribution in [0.5, 0.6) is 0 Å². The van der Waals surface area contributed by atoms with Gasteiger partial charge in [-0.05, 0) is 55.9 Å². The molecule has 7 heteroatoms. The van der Waals surface area contributed by atoms with E-state index in [-0.39, 0.29) is 22.6 Å². The molecule has 0 aliphatic heterocycles. The fraction of sp³-hybridized carbons (Fsp3) is 0.368. The van der Waals surface area contributed by atoms with Crippen molar-refractivity contribution in [1.82, 2.24) is 9.71 Å². The van der Waals surface area contributed by atoms with Crippen molar-refractivity contribution in [1.29, 1.82) is 0 Å². The van der Waals surface area contributed by atoms with Crippen LogP contribution < -0.4 is 10.0 Å². The summed E-state index contributed by atoms with van der Waals surface area (Å²) in [6.07, 6.45) is 6.51. The van der Waals surface area contributed by atoms with Gasteiger partial charge in [0.1, 0.15) is 0 Å². The minimum atomic E-state index is -3.47. The van der Waals surface area contributed by atoms with E-state index in [1.54, 1.807) is 54.9 Å². The Hall–Kier alpha value is -2.25. The van der Waals surface area contributed by atoms with E-state index < -0.39 is 10.0 Å². The predicted molar refractivity (Wildman–Crippen MR) is 99.9 cm³/mol. The second kappa shape index (κ2) is 8.42. The van der Waals surface area contributed by atoms with Gasteiger partial charge in [-0.15, -0.1) is 0 Å². The van der Waals surface area contributed by atoms with E-state index in [1.807, 2.05) is 0 Å². The van der Waals surface area contributed by atoms with Crippen molar-refractivity contribution < 1.29 is 13.2 Å². The molecule has 2 N–H and O–H groups in total. The molecule has 0 saturated heterocycles. The smallest absolute Gasteiger partial charge is 0.240 e. The molecule has 2 aromatic rings. The number of carbonyl (C=O) groups is 1. The summed E-state index contributed by atoms with van der Waals surface area (Å²) in [7, 11) is -3.47. The van der Waals surface area contributed by atoms with E-state index in [0.29, 0.717) is 6.54 Å². The Morgan fingerprint density at radius 3 is 2.31 bits per heavy atom. The van der Waals surface area contributed by atoms with E-state index >= 15 is 0 Å². The molecule has 1 aromatic carbocycles. The molecule has 1 aliphatic carbocycles. The van der Waals surface area contributed by atoms with Gasteiger partial charge in [-0.25, -0.2) is 13.1 Å². The van der Waals surface area contributed by atoms with Gasteiger partial charge in [0.05, 0.1) is 4.90 Å². The Bertz CT molecular complexity index is 818. The highest BCUT2D eigenvalue weighted by atomic mass is 32.2. The summed E-state index contributed by atoms with van der Waals surface area (Å²) in [4.78, 5) is 16.5. The number of aromatic nitrogens is 1. The average molecular weight is 373 g/mol. The summed E-state index contributed by atoms with van der Waals surface area (Å²) in [6, 6.07) is 11.9. The third kappa shape index (κ3) is 4.89. The van der Waals surface area contributed by atoms with Crippen molar-refractivity contribution in [3.05, 3.63) is 54.9 Å². The molecule has 1 aromatic heterocycles. The maximum absolute atomic E-state index is 12.3. The Labute approximate surface area is 154 Å². The fourth-order valence-electron chi connectivity index (χ4n) is 3.22. The van der Waals surface area contributed by atoms with Crippen molar-refractivity contribution in [2.75, 3.05) is 11.9 Å². The van der Waals surface area contributed by atoms with Crippen LogP contribution in [-0.2, 0) is 14.8 Å². The van der Waals surface area contributed by atoms with Crippen LogP contribution in [0.3, 0.4) is 0 Å². The highest BCUT2D eigenvalue weighted by Crippen LogP contribution is 2.29. The number of anilines is 1. The molecular formula is C19H23N3O3S. The maximum atomic E-state index is 12.3. The predicted octanol–water partition coefficient (Wildman–Crippen LogP) is 2.81. The first-order valence-electron chi connectivity index (χ1n) is 8.80. The molecule has 26 heavy (non-hydrogen) atoms. The number of pyridine rings is 1. The Morgan fingerprint density at radius 2 is 1.65 bits per heavy atom. The highest BCUT2D eigenvalue weighted by Gasteiger charge is 2.27. The molecule has 1 amide bonds. The topological polar surface area (TPSA) is 88.2 Å². The maximum Gasteiger partial charge on any atom is 0.240 e. The first kappa shape index (κ1) is 18.5. The standard InChI is InChI=1S/C19H23N3O3S/c23-19(22-17-10-12-20-13-11-17)16-8-6-15(7-9-16)14-21-26(24,25)18-4-2-1-3-5-18/h1-5,10-13,15-16,21H,6-9,14H2,(H,20,22,23). The Morgan fingerprint density at radius 1 is 1.00 bits per heavy atom. The number of hydrogen-bond donors (Lipinski definition) is 2. The Balaban J connectivity index is 1.46. The number of benzene rings is 1. The van der Waals surface area contributed by atoms with Crippen LogP contribution in [0.15, 0.2) is 59.8 Å². The Kier molecular flexibility index (Phi) is 6.00. The number of nitrogens with one attached hydrogen (secondary N) is 2. The van der Waals surface area contributed by atoms with Gasteiger partial charge in [0.15, 0.2) is 0 Å². The molecule has 1 aliphatic rings. The lowest BCUT2D eigenvalue weighted by Gasteiger charge is -2.27. The molecule has 1 heterocycles. The molecule has 0 atom stereocenters. The van der Waals surface area contributed by atoms with Crippen LogP contribution in [0, 0.1) is 11.8 Å². The fourth-order valence-corrected chi connectivity index (χ4v) is 4.36. The average Bonchev–Trinajstić information content (AvgIpc) is 2.68. The normalized spacial score (nSPS) is 20.5. The SMILES string of the molecule is O=C(Nc1ccncc1)C1CCC(CNS(=O)(=O)c2ccccc2)CC1. The van der Waals surface area contributed by atoms with Gasteiger partial charge in [-0.3, -0.25) is 9.78 Å². The third-order valence-corrected chi connectivity index (χ3v) is 6.22. The van der Waals surface area contributed by atoms with E-state index in [2.05, 4.69) is 15.0 Å². The van der Waals surface area contributed by atoms with Gasteiger partial charge < -0.3 is 5.32 Å². The first-order chi connectivity index (χ1) is 12.5. The zero-order valence-electron chi connectivity index (χ0n) is 14.5. The summed E-state index contributed by atoms with van der Waals surface area (Å²) in [6.45, 7) is 0.413. The van der Waals surface area contributed by atoms with Crippen molar-refractivity contribution in [2.45, 2.75) is 30.6 Å². The second-order valence-corrected chi connectivity index (χ2v) is 8.37. The lowest BCUT2D eigenvalue weighted by molar-refractivity contribution is -0.121. The molecule has 0 radical (unpaired) electrons. The van der Waals surface area contributed by atoms with Gasteiger partial charge in [0.2, 0.25) is 15.9 Å². The van der Waals surface area contributed by atoms with E-state index in [1.165, 1.54) is 0 Å². The van der Waals surface area contributed by atoms with Crippen LogP contribution in [0.25, 0.3) is 0 Å². The summed E-state index contributed by atoms with van der Waals surface area (Å²) in [5.74, 6) is 0.267. The molecule has 0 spiro atoms. The van der Waals surface area contributed by atoms with Gasteiger partial charge in [0, 0.05) is 30.5 Å². The monoisotopic (exact) mass is 373 g/mol. The van der Waals surface area contributed by atoms with Crippen LogP contribution in [0.1, 0.15) is 25.7 Å². The zero-order chi connectivity index (χ0) is 18.4. The lowest BCUT2D eigenvalue weighted by atomic mass is 9.81. The van der Waals surface area contributed by atoms with Crippen LogP contribution in [0.4, 0.5) is 5.69 Å². The summed E-state index contributed by atoms with van der Waals surface area (Å²) in [5.41, 5.74) is 0.753. The van der Waals surface area contributed by atoms with Gasteiger partial charge >= 0.3 is 0 Å². The summed E-state index contributed by atoms with van der Waals surface area (Å²) < 4.78 is 27.2. The van der Waals surface area contributed by atoms with Gasteiger partial charge in [-0.2, -0.15) is 0 Å². The van der Waals surface area contributed by atoms with Crippen molar-refractivity contribution in [3.63, 3.8) is 0 Å². The van der Waals surface area contributed by atoms with E-state index in [4.69, 9.17) is 0 Å². The second-order valence-electron chi connectivity index (χ2n) is 6.61. The summed E-state index contributed by atoms with van der Waals surface area (Å²) in [5, 5.41) is 2.91. The van der Waals surface area contributed by atoms with Crippen LogP contribution >= 0.6 is 0 Å². The zero-order valence-corrected chi connectivity index (χ0v) is 15.3. The largest absolute Gasteiger partial charge is 0.326 e. The molecular weight excluding hydrogens is 350 g/mol. The minimum Gasteiger partial charge on any atom is -0.326 e. The van der Waals surface area contributed by atoms with Gasteiger partial charge in [0.25, 0.3) is 0 Å². The van der Waals surface area contributed by atoms with E-state index in [0.717, 1.165) is 31.4 Å². The molecule has 1 saturated carbocycles. The number of hydrogen-bond acceptors (Lipinski definition) is 4. The number of nitrogens with zero attached hydrogens (tertiary/aromatic N) is 1. The van der Waals surface area contributed by atoms with Crippen molar-refractivity contribution in [2.24, 2.45) is 11.8 Å². The number of rotatable bonds is 6. The highest BCUT2D eigenvalue weighted by molar-refractivity contribution is 7.89. The third-order valence-electron chi connectivity index (χ3n) is 4.78. The minimum absolute atomic E-state index is 0.0230. The molecule has 138 valence electrons. The van der Waals surface area contributed by atoms with Gasteiger partial charge in [-0.1, -0.05) is 18.2 Å². The van der Waals surface area contributed by atoms with Crippen molar-refractivity contribution >= 4 is 21.6 Å². The molecule has 6 nitrogen and oxygen atoms in total. The van der Waals surface area contributed by atoms with Crippen LogP contribution in [-0.4, -0.2) is 25.9 Å². The quantitative estimate of drug-likeness (QED) is 0.815. The number of amides is 1. The van der Waals surface area contributed by atoms with E-state index in [9.17, 15) is 13.2 Å². The molecule has 3 rings (SSSR count). The first-order valence-corrected chi connectivity index (χ1v) is 10.3. The number of carbonyl (C=O) groups excluding carboxylic acids is 1. The molecule has 0 unspecified atom stereocenters. The molecule has 1 fully saturated rings. The van der Waals surface area contributed by atoms with Crippen LogP contribution in [0.2, 0.25) is 0 Å². The lowest BCUT2D eigenvalue weighted by Crippen LogP contribution is -2.33.